The van der Waals surface area contributed by atoms with E-state index in [-0.39, 0.29) is 23.2 Å². The van der Waals surface area contributed by atoms with E-state index in [1.807, 2.05) is 54.6 Å². The minimum Gasteiger partial charge on any atom is -0.273 e. The quantitative estimate of drug-likeness (QED) is 0.209. The molecule has 2 aliphatic rings. The van der Waals surface area contributed by atoms with Crippen LogP contribution < -0.4 is 0 Å². The lowest BCUT2D eigenvalue weighted by atomic mass is 9.66. The van der Waals surface area contributed by atoms with Crippen LogP contribution in [0.1, 0.15) is 39.0 Å². The zero-order chi connectivity index (χ0) is 32.6. The lowest BCUT2D eigenvalue weighted by Crippen LogP contribution is -2.60. The van der Waals surface area contributed by atoms with Crippen molar-refractivity contribution in [1.29, 1.82) is 5.26 Å². The number of carbonyl (C=O) groups excluding carboxylic acids is 2. The summed E-state index contributed by atoms with van der Waals surface area (Å²) >= 11 is 1.14. The van der Waals surface area contributed by atoms with E-state index in [1.165, 1.54) is 9.21 Å². The largest absolute Gasteiger partial charge is 0.273 e. The fourth-order valence-corrected chi connectivity index (χ4v) is 9.37. The third-order valence-corrected chi connectivity index (χ3v) is 12.3. The van der Waals surface area contributed by atoms with Crippen molar-refractivity contribution in [2.75, 3.05) is 13.1 Å². The topological polar surface area (TPSA) is 124 Å². The lowest BCUT2D eigenvalue weighted by Gasteiger charge is -2.44. The Morgan fingerprint density at radius 1 is 0.872 bits per heavy atom. The van der Waals surface area contributed by atoms with Crippen molar-refractivity contribution in [2.45, 2.75) is 34.9 Å². The van der Waals surface area contributed by atoms with Crippen LogP contribution in [-0.4, -0.2) is 58.5 Å². The molecular formula is C36H29N5O4S2. The molecule has 2 amide bonds. The van der Waals surface area contributed by atoms with E-state index in [4.69, 9.17) is 0 Å². The summed E-state index contributed by atoms with van der Waals surface area (Å²) in [6, 6.07) is 25.0. The summed E-state index contributed by atoms with van der Waals surface area (Å²) in [5, 5.41) is 11.0. The summed E-state index contributed by atoms with van der Waals surface area (Å²) < 4.78 is 28.5. The van der Waals surface area contributed by atoms with Gasteiger partial charge in [0.25, 0.3) is 15.9 Å². The van der Waals surface area contributed by atoms with E-state index in [2.05, 4.69) is 16.0 Å². The van der Waals surface area contributed by atoms with Crippen LogP contribution in [0.4, 0.5) is 0 Å². The van der Waals surface area contributed by atoms with Gasteiger partial charge in [-0.3, -0.25) is 24.5 Å². The maximum atomic E-state index is 15.1. The van der Waals surface area contributed by atoms with Gasteiger partial charge in [0.2, 0.25) is 5.91 Å². The predicted molar refractivity (Wildman–Crippen MR) is 177 cm³/mol. The predicted octanol–water partition coefficient (Wildman–Crippen LogP) is 5.25. The van der Waals surface area contributed by atoms with Crippen LogP contribution in [0.25, 0.3) is 11.1 Å². The maximum Gasteiger partial charge on any atom is 0.261 e. The second kappa shape index (κ2) is 12.3. The molecule has 5 aromatic rings. The molecule has 0 spiro atoms. The molecule has 2 aliphatic heterocycles. The molecule has 47 heavy (non-hydrogen) atoms. The van der Waals surface area contributed by atoms with Gasteiger partial charge in [0.05, 0.1) is 23.1 Å². The van der Waals surface area contributed by atoms with E-state index in [0.717, 1.165) is 33.6 Å². The zero-order valence-electron chi connectivity index (χ0n) is 25.2. The number of thiophene rings is 1. The van der Waals surface area contributed by atoms with Crippen LogP contribution in [0.3, 0.4) is 0 Å². The average molecular weight is 660 g/mol. The zero-order valence-corrected chi connectivity index (χ0v) is 26.8. The first-order chi connectivity index (χ1) is 22.8. The molecule has 5 heterocycles. The van der Waals surface area contributed by atoms with Crippen molar-refractivity contribution in [3.63, 3.8) is 0 Å². The number of nitrogens with zero attached hydrogens (tertiary/aromatic N) is 5. The number of fused-ring (bicyclic) bond motifs is 1. The number of hydrogen-bond donors (Lipinski definition) is 0. The number of amides is 2. The number of imide groups is 1. The molecule has 1 saturated heterocycles. The standard InChI is InChI=1S/C36H29N5O4S2/c37-23-27-3-5-28(6-4-27)29-7-8-32-31(20-29)34(42)41(30-13-18-40(24-30)47(44,45)33-2-1-19-46-33)35(43)36(32,21-25-9-14-38-15-10-25)22-26-11-16-39-17-12-26/h1-12,14-17,19-20,30H,13,18,21-22,24H2. The smallest absolute Gasteiger partial charge is 0.261 e. The number of sulfonamides is 1. The van der Waals surface area contributed by atoms with Gasteiger partial charge >= 0.3 is 0 Å². The van der Waals surface area contributed by atoms with Gasteiger partial charge in [-0.05, 0) is 101 Å². The lowest BCUT2D eigenvalue weighted by molar-refractivity contribution is -0.137. The van der Waals surface area contributed by atoms with E-state index in [0.29, 0.717) is 36.0 Å². The monoisotopic (exact) mass is 659 g/mol. The van der Waals surface area contributed by atoms with Crippen molar-refractivity contribution < 1.29 is 18.0 Å². The minimum absolute atomic E-state index is 0.0168. The first-order valence-corrected chi connectivity index (χ1v) is 17.5. The Labute approximate surface area is 276 Å². The molecular weight excluding hydrogens is 631 g/mol. The highest BCUT2D eigenvalue weighted by atomic mass is 32.2. The molecule has 0 bridgehead atoms. The highest BCUT2D eigenvalue weighted by Crippen LogP contribution is 2.43. The van der Waals surface area contributed by atoms with Gasteiger partial charge in [0, 0.05) is 43.4 Å². The summed E-state index contributed by atoms with van der Waals surface area (Å²) in [6.45, 7) is 0.213. The van der Waals surface area contributed by atoms with Crippen LogP contribution in [0.5, 0.6) is 0 Å². The number of nitriles is 1. The minimum atomic E-state index is -3.77. The summed E-state index contributed by atoms with van der Waals surface area (Å²) in [5.41, 5.74) is 3.72. The Bertz CT molecular complexity index is 2060. The van der Waals surface area contributed by atoms with Crippen LogP contribution >= 0.6 is 11.3 Å². The average Bonchev–Trinajstić information content (AvgIpc) is 3.83. The van der Waals surface area contributed by atoms with E-state index < -0.39 is 27.4 Å². The van der Waals surface area contributed by atoms with E-state index in [1.54, 1.807) is 54.4 Å². The molecule has 1 unspecified atom stereocenters. The second-order valence-electron chi connectivity index (χ2n) is 11.8. The van der Waals surface area contributed by atoms with Crippen LogP contribution in [-0.2, 0) is 33.1 Å². The molecule has 0 radical (unpaired) electrons. The summed E-state index contributed by atoms with van der Waals surface area (Å²) in [4.78, 5) is 39.3. The molecule has 0 saturated carbocycles. The van der Waals surface area contributed by atoms with Gasteiger partial charge < -0.3 is 0 Å². The normalized spacial score (nSPS) is 17.8. The Kier molecular flexibility index (Phi) is 8.01. The molecule has 7 rings (SSSR count). The number of aromatic nitrogens is 2. The summed E-state index contributed by atoms with van der Waals surface area (Å²) in [6.07, 6.45) is 7.67. The highest BCUT2D eigenvalue weighted by Gasteiger charge is 2.54. The highest BCUT2D eigenvalue weighted by molar-refractivity contribution is 7.91. The molecule has 9 nitrogen and oxygen atoms in total. The van der Waals surface area contributed by atoms with Gasteiger partial charge in [0.1, 0.15) is 4.21 Å². The molecule has 234 valence electrons. The number of pyridine rings is 2. The van der Waals surface area contributed by atoms with Crippen molar-refractivity contribution in [2.24, 2.45) is 0 Å². The third-order valence-electron chi connectivity index (χ3n) is 9.05. The van der Waals surface area contributed by atoms with Crippen LogP contribution in [0.15, 0.2) is 113 Å². The van der Waals surface area contributed by atoms with Crippen molar-refractivity contribution in [1.82, 2.24) is 19.2 Å². The molecule has 2 aromatic carbocycles. The van der Waals surface area contributed by atoms with Gasteiger partial charge in [-0.1, -0.05) is 30.3 Å². The molecule has 1 atom stereocenters. The molecule has 0 aliphatic carbocycles. The number of hydrogen-bond acceptors (Lipinski definition) is 8. The maximum absolute atomic E-state index is 15.1. The van der Waals surface area contributed by atoms with Crippen molar-refractivity contribution >= 4 is 33.2 Å². The van der Waals surface area contributed by atoms with Crippen molar-refractivity contribution in [3.05, 3.63) is 137 Å². The van der Waals surface area contributed by atoms with Gasteiger partial charge in [-0.25, -0.2) is 8.42 Å². The van der Waals surface area contributed by atoms with Gasteiger partial charge in [-0.2, -0.15) is 9.57 Å². The molecule has 0 N–H and O–H groups in total. The third kappa shape index (κ3) is 5.54. The summed E-state index contributed by atoms with van der Waals surface area (Å²) in [7, 11) is -3.77. The SMILES string of the molecule is N#Cc1ccc(-c2ccc3c(c2)C(=O)N(C2CCN(S(=O)(=O)c4cccs4)C2)C(=O)C3(Cc2ccncc2)Cc2ccncc2)cc1. The Balaban J connectivity index is 1.37. The number of benzene rings is 2. The Morgan fingerprint density at radius 2 is 1.51 bits per heavy atom. The Hall–Kier alpha value is -5.02. The second-order valence-corrected chi connectivity index (χ2v) is 14.9. The summed E-state index contributed by atoms with van der Waals surface area (Å²) in [5.74, 6) is -0.795. The molecule has 1 fully saturated rings. The molecule has 3 aromatic heterocycles. The van der Waals surface area contributed by atoms with E-state index >= 15 is 4.79 Å². The van der Waals surface area contributed by atoms with E-state index in [9.17, 15) is 18.5 Å². The van der Waals surface area contributed by atoms with Crippen LogP contribution in [0, 0.1) is 11.3 Å². The fourth-order valence-electron chi connectivity index (χ4n) is 6.73. The first kappa shape index (κ1) is 30.6. The van der Waals surface area contributed by atoms with Gasteiger partial charge in [0.15, 0.2) is 0 Å². The van der Waals surface area contributed by atoms with Crippen molar-refractivity contribution in [3.8, 4) is 17.2 Å². The number of carbonyl (C=O) groups is 2. The Morgan fingerprint density at radius 3 is 2.11 bits per heavy atom. The van der Waals surface area contributed by atoms with Crippen LogP contribution in [0.2, 0.25) is 0 Å². The number of rotatable bonds is 8. The fraction of sp³-hybridized carbons (Fsp3) is 0.194. The molecule has 11 heteroatoms. The van der Waals surface area contributed by atoms with Gasteiger partial charge in [-0.15, -0.1) is 11.3 Å². The first-order valence-electron chi connectivity index (χ1n) is 15.1.